The zero-order valence-electron chi connectivity index (χ0n) is 10.4. The zero-order chi connectivity index (χ0) is 13.0. The standard InChI is InChI=1S/C13H18FN3O/c1-15-7-6-10-8-17(9-13(18)16-10)12-5-3-2-4-11(12)14/h2-5,10,15H,6-9H2,1H3,(H,16,18). The summed E-state index contributed by atoms with van der Waals surface area (Å²) in [6.45, 7) is 1.70. The predicted molar refractivity (Wildman–Crippen MR) is 69.1 cm³/mol. The Morgan fingerprint density at radius 1 is 1.50 bits per heavy atom. The Balaban J connectivity index is 2.09. The smallest absolute Gasteiger partial charge is 0.239 e. The van der Waals surface area contributed by atoms with Gasteiger partial charge >= 0.3 is 0 Å². The van der Waals surface area contributed by atoms with Gasteiger partial charge in [-0.2, -0.15) is 0 Å². The van der Waals surface area contributed by atoms with Gasteiger partial charge in [0.1, 0.15) is 5.82 Å². The van der Waals surface area contributed by atoms with E-state index in [1.165, 1.54) is 6.07 Å². The largest absolute Gasteiger partial charge is 0.358 e. The molecule has 1 aromatic carbocycles. The minimum absolute atomic E-state index is 0.0504. The lowest BCUT2D eigenvalue weighted by Gasteiger charge is -2.34. The minimum Gasteiger partial charge on any atom is -0.358 e. The zero-order valence-corrected chi connectivity index (χ0v) is 10.4. The van der Waals surface area contributed by atoms with Gasteiger partial charge in [-0.3, -0.25) is 4.79 Å². The van der Waals surface area contributed by atoms with E-state index in [1.54, 1.807) is 23.1 Å². The van der Waals surface area contributed by atoms with Gasteiger partial charge in [0.2, 0.25) is 5.91 Å². The van der Waals surface area contributed by atoms with Crippen molar-refractivity contribution in [1.82, 2.24) is 10.6 Å². The quantitative estimate of drug-likeness (QED) is 0.829. The third-order valence-corrected chi connectivity index (χ3v) is 3.08. The first-order valence-electron chi connectivity index (χ1n) is 6.14. The summed E-state index contributed by atoms with van der Waals surface area (Å²) in [4.78, 5) is 13.4. The second kappa shape index (κ2) is 5.82. The van der Waals surface area contributed by atoms with Crippen molar-refractivity contribution >= 4 is 11.6 Å². The predicted octanol–water partition coefficient (Wildman–Crippen LogP) is 0.740. The number of piperazine rings is 1. The van der Waals surface area contributed by atoms with E-state index in [-0.39, 0.29) is 24.3 Å². The summed E-state index contributed by atoms with van der Waals surface area (Å²) in [6, 6.07) is 6.64. The number of para-hydroxylation sites is 1. The monoisotopic (exact) mass is 251 g/mol. The van der Waals surface area contributed by atoms with E-state index in [9.17, 15) is 9.18 Å². The number of nitrogens with one attached hydrogen (secondary N) is 2. The fraction of sp³-hybridized carbons (Fsp3) is 0.462. The number of anilines is 1. The van der Waals surface area contributed by atoms with Crippen LogP contribution in [0.5, 0.6) is 0 Å². The summed E-state index contributed by atoms with van der Waals surface area (Å²) >= 11 is 0. The van der Waals surface area contributed by atoms with Gasteiger partial charge in [0.15, 0.2) is 0 Å². The van der Waals surface area contributed by atoms with Gasteiger partial charge in [-0.1, -0.05) is 12.1 Å². The van der Waals surface area contributed by atoms with Gasteiger partial charge < -0.3 is 15.5 Å². The van der Waals surface area contributed by atoms with Crippen molar-refractivity contribution in [2.24, 2.45) is 0 Å². The highest BCUT2D eigenvalue weighted by Crippen LogP contribution is 2.20. The molecule has 1 aromatic rings. The molecule has 0 saturated carbocycles. The second-order valence-corrected chi connectivity index (χ2v) is 4.49. The number of nitrogens with zero attached hydrogens (tertiary/aromatic N) is 1. The van der Waals surface area contributed by atoms with Crippen molar-refractivity contribution < 1.29 is 9.18 Å². The van der Waals surface area contributed by atoms with Crippen molar-refractivity contribution in [3.05, 3.63) is 30.1 Å². The first-order chi connectivity index (χ1) is 8.70. The Bertz CT molecular complexity index is 424. The van der Waals surface area contributed by atoms with Gasteiger partial charge in [-0.05, 0) is 32.1 Å². The van der Waals surface area contributed by atoms with Crippen LogP contribution >= 0.6 is 0 Å². The fourth-order valence-electron chi connectivity index (χ4n) is 2.20. The number of hydrogen-bond donors (Lipinski definition) is 2. The molecule has 0 radical (unpaired) electrons. The average molecular weight is 251 g/mol. The number of carbonyl (C=O) groups is 1. The van der Waals surface area contributed by atoms with E-state index in [0.29, 0.717) is 12.2 Å². The fourth-order valence-corrected chi connectivity index (χ4v) is 2.20. The van der Waals surface area contributed by atoms with Crippen LogP contribution in [0.2, 0.25) is 0 Å². The maximum atomic E-state index is 13.7. The van der Waals surface area contributed by atoms with Crippen molar-refractivity contribution in [3.8, 4) is 0 Å². The molecule has 2 rings (SSSR count). The SMILES string of the molecule is CNCCC1CN(c2ccccc2F)CC(=O)N1. The molecule has 4 nitrogen and oxygen atoms in total. The van der Waals surface area contributed by atoms with Crippen LogP contribution in [-0.2, 0) is 4.79 Å². The molecule has 0 aromatic heterocycles. The molecular weight excluding hydrogens is 233 g/mol. The van der Waals surface area contributed by atoms with Crippen molar-refractivity contribution in [2.75, 3.05) is 31.6 Å². The van der Waals surface area contributed by atoms with E-state index in [2.05, 4.69) is 10.6 Å². The number of halogens is 1. The van der Waals surface area contributed by atoms with Crippen molar-refractivity contribution in [1.29, 1.82) is 0 Å². The second-order valence-electron chi connectivity index (χ2n) is 4.49. The van der Waals surface area contributed by atoms with Gasteiger partial charge in [-0.25, -0.2) is 4.39 Å². The van der Waals surface area contributed by atoms with Crippen LogP contribution in [0.15, 0.2) is 24.3 Å². The molecule has 1 atom stereocenters. The number of benzene rings is 1. The Labute approximate surface area is 106 Å². The lowest BCUT2D eigenvalue weighted by Crippen LogP contribution is -2.55. The van der Waals surface area contributed by atoms with Crippen LogP contribution < -0.4 is 15.5 Å². The van der Waals surface area contributed by atoms with Gasteiger partial charge in [-0.15, -0.1) is 0 Å². The summed E-state index contributed by atoms with van der Waals surface area (Å²) in [7, 11) is 1.87. The highest BCUT2D eigenvalue weighted by Gasteiger charge is 2.25. The van der Waals surface area contributed by atoms with Crippen LogP contribution in [0.3, 0.4) is 0 Å². The van der Waals surface area contributed by atoms with Gasteiger partial charge in [0.05, 0.1) is 12.2 Å². The third kappa shape index (κ3) is 2.98. The topological polar surface area (TPSA) is 44.4 Å². The Kier molecular flexibility index (Phi) is 4.15. The molecule has 0 aliphatic carbocycles. The summed E-state index contributed by atoms with van der Waals surface area (Å²) in [6.07, 6.45) is 0.840. The highest BCUT2D eigenvalue weighted by atomic mass is 19.1. The molecule has 1 aliphatic rings. The summed E-state index contributed by atoms with van der Waals surface area (Å²) in [5.41, 5.74) is 0.502. The normalized spacial score (nSPS) is 19.8. The lowest BCUT2D eigenvalue weighted by molar-refractivity contribution is -0.121. The molecular formula is C13H18FN3O. The maximum Gasteiger partial charge on any atom is 0.239 e. The molecule has 5 heteroatoms. The summed E-state index contributed by atoms with van der Waals surface area (Å²) in [5.74, 6) is -0.329. The number of carbonyl (C=O) groups excluding carboxylic acids is 1. The van der Waals surface area contributed by atoms with Crippen LogP contribution in [-0.4, -0.2) is 38.6 Å². The molecule has 2 N–H and O–H groups in total. The number of amides is 1. The molecule has 1 amide bonds. The Hall–Kier alpha value is -1.62. The van der Waals surface area contributed by atoms with E-state index in [4.69, 9.17) is 0 Å². The highest BCUT2D eigenvalue weighted by molar-refractivity contribution is 5.83. The van der Waals surface area contributed by atoms with E-state index >= 15 is 0 Å². The Morgan fingerprint density at radius 2 is 2.28 bits per heavy atom. The van der Waals surface area contributed by atoms with E-state index in [1.807, 2.05) is 7.05 Å². The first-order valence-corrected chi connectivity index (χ1v) is 6.14. The molecule has 1 fully saturated rings. The first kappa shape index (κ1) is 12.8. The van der Waals surface area contributed by atoms with E-state index < -0.39 is 0 Å². The van der Waals surface area contributed by atoms with Gasteiger partial charge in [0.25, 0.3) is 0 Å². The summed E-state index contributed by atoms with van der Waals surface area (Å²) < 4.78 is 13.7. The number of rotatable bonds is 4. The maximum absolute atomic E-state index is 13.7. The molecule has 1 unspecified atom stereocenters. The molecule has 0 bridgehead atoms. The van der Waals surface area contributed by atoms with Gasteiger partial charge in [0, 0.05) is 12.6 Å². The molecule has 98 valence electrons. The van der Waals surface area contributed by atoms with Crippen molar-refractivity contribution in [2.45, 2.75) is 12.5 Å². The average Bonchev–Trinajstić information content (AvgIpc) is 2.36. The molecule has 1 saturated heterocycles. The van der Waals surface area contributed by atoms with Crippen LogP contribution in [0, 0.1) is 5.82 Å². The lowest BCUT2D eigenvalue weighted by atomic mass is 10.1. The molecule has 18 heavy (non-hydrogen) atoms. The molecule has 1 heterocycles. The number of hydrogen-bond acceptors (Lipinski definition) is 3. The molecule has 0 spiro atoms. The third-order valence-electron chi connectivity index (χ3n) is 3.08. The minimum atomic E-state index is -0.278. The molecule has 1 aliphatic heterocycles. The van der Waals surface area contributed by atoms with Crippen LogP contribution in [0.4, 0.5) is 10.1 Å². The Morgan fingerprint density at radius 3 is 3.00 bits per heavy atom. The van der Waals surface area contributed by atoms with E-state index in [0.717, 1.165) is 13.0 Å². The van der Waals surface area contributed by atoms with Crippen molar-refractivity contribution in [3.63, 3.8) is 0 Å². The van der Waals surface area contributed by atoms with Crippen LogP contribution in [0.25, 0.3) is 0 Å². The summed E-state index contributed by atoms with van der Waals surface area (Å²) in [5, 5.41) is 5.98. The van der Waals surface area contributed by atoms with Crippen LogP contribution in [0.1, 0.15) is 6.42 Å².